The van der Waals surface area contributed by atoms with Crippen molar-refractivity contribution < 1.29 is 29.4 Å². The van der Waals surface area contributed by atoms with Gasteiger partial charge in [-0.2, -0.15) is 0 Å². The molecule has 6 N–H and O–H groups in total. The fraction of sp³-hybridized carbons (Fsp3) is 0.765. The van der Waals surface area contributed by atoms with Crippen LogP contribution in [0.2, 0.25) is 0 Å². The van der Waals surface area contributed by atoms with E-state index < -0.39 is 47.9 Å². The normalized spacial score (nSPS) is 21.1. The molecule has 0 aliphatic carbocycles. The maximum Gasteiger partial charge on any atom is 0.326 e. The summed E-state index contributed by atoms with van der Waals surface area (Å²) >= 11 is 0. The van der Waals surface area contributed by atoms with Gasteiger partial charge in [0.05, 0.1) is 12.6 Å². The van der Waals surface area contributed by atoms with Crippen LogP contribution in [0.15, 0.2) is 0 Å². The molecule has 1 rings (SSSR count). The van der Waals surface area contributed by atoms with Crippen molar-refractivity contribution in [3.63, 3.8) is 0 Å². The van der Waals surface area contributed by atoms with Crippen molar-refractivity contribution in [3.8, 4) is 0 Å². The number of amides is 3. The van der Waals surface area contributed by atoms with E-state index >= 15 is 0 Å². The van der Waals surface area contributed by atoms with Gasteiger partial charge in [-0.25, -0.2) is 4.79 Å². The number of carboxylic acids is 1. The molecule has 0 saturated carbocycles. The molecular formula is C17H30N4O6. The molecule has 27 heavy (non-hydrogen) atoms. The Labute approximate surface area is 158 Å². The first-order valence-electron chi connectivity index (χ1n) is 9.15. The van der Waals surface area contributed by atoms with E-state index in [4.69, 9.17) is 5.73 Å². The molecule has 3 amide bonds. The zero-order valence-corrected chi connectivity index (χ0v) is 16.0. The first-order valence-corrected chi connectivity index (χ1v) is 9.15. The number of aliphatic hydroxyl groups excluding tert-OH is 1. The molecule has 10 nitrogen and oxygen atoms in total. The van der Waals surface area contributed by atoms with Gasteiger partial charge < -0.3 is 31.5 Å². The summed E-state index contributed by atoms with van der Waals surface area (Å²) in [5.74, 6) is -3.15. The number of nitrogens with zero attached hydrogens (tertiary/aromatic N) is 1. The minimum Gasteiger partial charge on any atom is -0.480 e. The number of carbonyl (C=O) groups excluding carboxylic acids is 3. The maximum absolute atomic E-state index is 12.8. The maximum atomic E-state index is 12.8. The molecule has 10 heteroatoms. The Morgan fingerprint density at radius 3 is 2.30 bits per heavy atom. The molecule has 1 aliphatic rings. The molecule has 0 aromatic heterocycles. The van der Waals surface area contributed by atoms with Crippen molar-refractivity contribution in [2.75, 3.05) is 13.1 Å². The number of likely N-dealkylation sites (tertiary alicyclic amines) is 1. The van der Waals surface area contributed by atoms with Crippen molar-refractivity contribution in [2.45, 2.75) is 64.3 Å². The second-order valence-corrected chi connectivity index (χ2v) is 6.89. The Kier molecular flexibility index (Phi) is 8.64. The molecule has 0 spiro atoms. The molecule has 5 unspecified atom stereocenters. The summed E-state index contributed by atoms with van der Waals surface area (Å²) in [6.45, 7) is 4.91. The Hall–Kier alpha value is -2.20. The molecule has 0 radical (unpaired) electrons. The average Bonchev–Trinajstić information content (AvgIpc) is 3.12. The lowest BCUT2D eigenvalue weighted by molar-refractivity contribution is -0.150. The number of carbonyl (C=O) groups is 4. The van der Waals surface area contributed by atoms with E-state index in [0.29, 0.717) is 19.3 Å². The van der Waals surface area contributed by atoms with Crippen LogP contribution < -0.4 is 16.4 Å². The van der Waals surface area contributed by atoms with Gasteiger partial charge >= 0.3 is 5.97 Å². The highest BCUT2D eigenvalue weighted by atomic mass is 16.4. The third-order valence-electron chi connectivity index (χ3n) is 4.86. The molecule has 1 heterocycles. The lowest BCUT2D eigenvalue weighted by Crippen LogP contribution is -2.60. The van der Waals surface area contributed by atoms with Crippen LogP contribution in [-0.4, -0.2) is 76.1 Å². The van der Waals surface area contributed by atoms with Gasteiger partial charge in [0.2, 0.25) is 17.7 Å². The van der Waals surface area contributed by atoms with Crippen LogP contribution >= 0.6 is 0 Å². The summed E-state index contributed by atoms with van der Waals surface area (Å²) in [4.78, 5) is 49.5. The predicted molar refractivity (Wildman–Crippen MR) is 96.4 cm³/mol. The molecule has 1 saturated heterocycles. The number of nitrogens with two attached hydrogens (primary N) is 1. The van der Waals surface area contributed by atoms with Gasteiger partial charge in [0.1, 0.15) is 18.1 Å². The molecule has 154 valence electrons. The molecule has 1 fully saturated rings. The van der Waals surface area contributed by atoms with Crippen LogP contribution in [0.25, 0.3) is 0 Å². The van der Waals surface area contributed by atoms with Gasteiger partial charge in [-0.15, -0.1) is 0 Å². The van der Waals surface area contributed by atoms with Crippen LogP contribution in [0.4, 0.5) is 0 Å². The Morgan fingerprint density at radius 1 is 1.19 bits per heavy atom. The Balaban J connectivity index is 2.96. The number of carboxylic acid groups (broad SMARTS) is 1. The lowest BCUT2D eigenvalue weighted by Gasteiger charge is -2.31. The van der Waals surface area contributed by atoms with Crippen LogP contribution in [0.5, 0.6) is 0 Å². The summed E-state index contributed by atoms with van der Waals surface area (Å²) in [6, 6.07) is -3.20. The highest BCUT2D eigenvalue weighted by Gasteiger charge is 2.40. The largest absolute Gasteiger partial charge is 0.480 e. The van der Waals surface area contributed by atoms with E-state index in [0.717, 1.165) is 4.90 Å². The summed E-state index contributed by atoms with van der Waals surface area (Å²) in [7, 11) is 0. The molecule has 0 aromatic rings. The van der Waals surface area contributed by atoms with Crippen molar-refractivity contribution in [3.05, 3.63) is 0 Å². The number of rotatable bonds is 9. The van der Waals surface area contributed by atoms with Gasteiger partial charge in [-0.05, 0) is 25.7 Å². The number of nitrogens with one attached hydrogen (secondary N) is 2. The highest BCUT2D eigenvalue weighted by molar-refractivity contribution is 5.94. The topological polar surface area (TPSA) is 162 Å². The zero-order chi connectivity index (χ0) is 20.7. The van der Waals surface area contributed by atoms with Crippen LogP contribution in [0, 0.1) is 5.92 Å². The molecule has 5 atom stereocenters. The summed E-state index contributed by atoms with van der Waals surface area (Å²) in [5, 5.41) is 24.2. The van der Waals surface area contributed by atoms with E-state index in [9.17, 15) is 29.4 Å². The Morgan fingerprint density at radius 2 is 1.81 bits per heavy atom. The van der Waals surface area contributed by atoms with Gasteiger partial charge in [-0.1, -0.05) is 20.3 Å². The number of aliphatic carboxylic acids is 1. The minimum atomic E-state index is -1.31. The van der Waals surface area contributed by atoms with Crippen molar-refractivity contribution in [1.29, 1.82) is 0 Å². The third kappa shape index (κ3) is 5.90. The summed E-state index contributed by atoms with van der Waals surface area (Å²) < 4.78 is 0. The van der Waals surface area contributed by atoms with Gasteiger partial charge in [0.25, 0.3) is 0 Å². The van der Waals surface area contributed by atoms with Gasteiger partial charge in [0.15, 0.2) is 0 Å². The monoisotopic (exact) mass is 386 g/mol. The predicted octanol–water partition coefficient (Wildman–Crippen LogP) is -1.58. The minimum absolute atomic E-state index is 0.233. The second kappa shape index (κ2) is 10.2. The number of hydrogen-bond acceptors (Lipinski definition) is 6. The van der Waals surface area contributed by atoms with E-state index in [2.05, 4.69) is 10.6 Å². The smallest absolute Gasteiger partial charge is 0.326 e. The number of aliphatic hydroxyl groups is 1. The van der Waals surface area contributed by atoms with E-state index in [1.54, 1.807) is 6.92 Å². The average molecular weight is 386 g/mol. The fourth-order valence-corrected chi connectivity index (χ4v) is 3.03. The van der Waals surface area contributed by atoms with Crippen molar-refractivity contribution in [1.82, 2.24) is 15.5 Å². The quantitative estimate of drug-likeness (QED) is 0.319. The van der Waals surface area contributed by atoms with E-state index in [-0.39, 0.29) is 19.0 Å². The summed E-state index contributed by atoms with van der Waals surface area (Å²) in [5.41, 5.74) is 5.29. The van der Waals surface area contributed by atoms with Crippen LogP contribution in [0.3, 0.4) is 0 Å². The molecular weight excluding hydrogens is 356 g/mol. The van der Waals surface area contributed by atoms with Gasteiger partial charge in [0, 0.05) is 6.54 Å². The number of hydrogen-bond donors (Lipinski definition) is 5. The highest BCUT2D eigenvalue weighted by Crippen LogP contribution is 2.19. The first kappa shape index (κ1) is 22.8. The van der Waals surface area contributed by atoms with E-state index in [1.165, 1.54) is 6.92 Å². The molecule has 0 bridgehead atoms. The zero-order valence-electron chi connectivity index (χ0n) is 16.0. The second-order valence-electron chi connectivity index (χ2n) is 6.89. The van der Waals surface area contributed by atoms with E-state index in [1.807, 2.05) is 6.92 Å². The SMILES string of the molecule is CCC(C)C(NC(=O)CN)C(=O)NC(C(=O)N1CCCC1C(=O)O)C(C)O. The van der Waals surface area contributed by atoms with Gasteiger partial charge in [-0.3, -0.25) is 14.4 Å². The Bertz CT molecular complexity index is 568. The van der Waals surface area contributed by atoms with Crippen LogP contribution in [-0.2, 0) is 19.2 Å². The van der Waals surface area contributed by atoms with Crippen molar-refractivity contribution in [2.24, 2.45) is 11.7 Å². The summed E-state index contributed by atoms with van der Waals surface area (Å²) in [6.07, 6.45) is 0.206. The lowest BCUT2D eigenvalue weighted by atomic mass is 9.97. The third-order valence-corrected chi connectivity index (χ3v) is 4.86. The molecule has 0 aromatic carbocycles. The molecule has 1 aliphatic heterocycles. The standard InChI is InChI=1S/C17H30N4O6/c1-4-9(2)13(19-12(23)8-18)15(24)20-14(10(3)22)16(25)21-7-5-6-11(21)17(26)27/h9-11,13-14,22H,4-8,18H2,1-3H3,(H,19,23)(H,20,24)(H,26,27). The van der Waals surface area contributed by atoms with Crippen molar-refractivity contribution >= 4 is 23.7 Å². The first-order chi connectivity index (χ1) is 12.6. The van der Waals surface area contributed by atoms with Crippen LogP contribution in [0.1, 0.15) is 40.0 Å². The fourth-order valence-electron chi connectivity index (χ4n) is 3.03.